The second kappa shape index (κ2) is 7.24. The van der Waals surface area contributed by atoms with Crippen molar-refractivity contribution in [3.8, 4) is 0 Å². The molecule has 0 spiro atoms. The lowest BCUT2D eigenvalue weighted by atomic mass is 10.4. The maximum atomic E-state index is 5.57. The Hall–Kier alpha value is -1.07. The predicted molar refractivity (Wildman–Crippen MR) is 65.2 cm³/mol. The smallest absolute Gasteiger partial charge is 0.0719 e. The van der Waals surface area contributed by atoms with E-state index in [0.29, 0.717) is 0 Å². The van der Waals surface area contributed by atoms with Gasteiger partial charge in [-0.25, -0.2) is 0 Å². The summed E-state index contributed by atoms with van der Waals surface area (Å²) in [6.45, 7) is 9.66. The number of ether oxygens (including phenoxy) is 1. The van der Waals surface area contributed by atoms with Gasteiger partial charge in [-0.3, -0.25) is 9.58 Å². The normalized spacial score (nSPS) is 16.6. The highest BCUT2D eigenvalue weighted by molar-refractivity contribution is 5.30. The number of nitrogens with two attached hydrogens (primary N) is 1. The molecule has 16 heavy (non-hydrogen) atoms. The van der Waals surface area contributed by atoms with Gasteiger partial charge < -0.3 is 10.5 Å². The van der Waals surface area contributed by atoms with Crippen molar-refractivity contribution in [2.24, 2.45) is 0 Å². The van der Waals surface area contributed by atoms with Crippen molar-refractivity contribution in [3.63, 3.8) is 0 Å². The number of hydrogen-bond donors (Lipinski definition) is 1. The maximum Gasteiger partial charge on any atom is 0.0719 e. The summed E-state index contributed by atoms with van der Waals surface area (Å²) in [5.74, 6) is 0. The number of hydrogen-bond acceptors (Lipinski definition) is 4. The summed E-state index contributed by atoms with van der Waals surface area (Å²) in [5, 5.41) is 4.13. The minimum atomic E-state index is 0.729. The molecule has 1 aliphatic heterocycles. The summed E-state index contributed by atoms with van der Waals surface area (Å²) < 4.78 is 7.15. The standard InChI is InChI=1S/C9H16N4O.C2H6/c10-9-7-11-13(8-9)2-1-12-3-5-14-6-4-12;1-2/h7-8H,1-6,10H2;1-2H3. The van der Waals surface area contributed by atoms with Gasteiger partial charge >= 0.3 is 0 Å². The van der Waals surface area contributed by atoms with Crippen molar-refractivity contribution in [2.45, 2.75) is 20.4 Å². The molecule has 1 fully saturated rings. The monoisotopic (exact) mass is 226 g/mol. The highest BCUT2D eigenvalue weighted by Gasteiger charge is 2.09. The van der Waals surface area contributed by atoms with E-state index in [1.165, 1.54) is 0 Å². The molecule has 5 nitrogen and oxygen atoms in total. The fraction of sp³-hybridized carbons (Fsp3) is 0.727. The molecule has 2 heterocycles. The zero-order valence-corrected chi connectivity index (χ0v) is 10.2. The largest absolute Gasteiger partial charge is 0.396 e. The Kier molecular flexibility index (Phi) is 5.88. The molecule has 0 aromatic carbocycles. The Morgan fingerprint density at radius 1 is 1.31 bits per heavy atom. The Balaban J connectivity index is 0.000000606. The maximum absolute atomic E-state index is 5.57. The van der Waals surface area contributed by atoms with E-state index < -0.39 is 0 Å². The third kappa shape index (κ3) is 4.20. The van der Waals surface area contributed by atoms with E-state index in [2.05, 4.69) is 10.00 Å². The van der Waals surface area contributed by atoms with E-state index >= 15 is 0 Å². The van der Waals surface area contributed by atoms with E-state index in [0.717, 1.165) is 45.1 Å². The summed E-state index contributed by atoms with van der Waals surface area (Å²) >= 11 is 0. The highest BCUT2D eigenvalue weighted by atomic mass is 16.5. The van der Waals surface area contributed by atoms with E-state index in [4.69, 9.17) is 10.5 Å². The zero-order chi connectivity index (χ0) is 11.8. The number of nitrogen functional groups attached to an aromatic ring is 1. The quantitative estimate of drug-likeness (QED) is 0.829. The fourth-order valence-corrected chi connectivity index (χ4v) is 1.57. The molecular formula is C11H22N4O. The average Bonchev–Trinajstić information content (AvgIpc) is 2.77. The van der Waals surface area contributed by atoms with Gasteiger partial charge in [0.1, 0.15) is 0 Å². The van der Waals surface area contributed by atoms with Crippen LogP contribution in [-0.2, 0) is 11.3 Å². The van der Waals surface area contributed by atoms with Crippen LogP contribution in [0.1, 0.15) is 13.8 Å². The summed E-state index contributed by atoms with van der Waals surface area (Å²) in [4.78, 5) is 2.38. The lowest BCUT2D eigenvalue weighted by Crippen LogP contribution is -2.38. The summed E-state index contributed by atoms with van der Waals surface area (Å²) in [6.07, 6.45) is 3.54. The van der Waals surface area contributed by atoms with Gasteiger partial charge in [0.25, 0.3) is 0 Å². The third-order valence-corrected chi connectivity index (χ3v) is 2.40. The van der Waals surface area contributed by atoms with Crippen molar-refractivity contribution in [3.05, 3.63) is 12.4 Å². The van der Waals surface area contributed by atoms with Crippen molar-refractivity contribution in [1.29, 1.82) is 0 Å². The number of rotatable bonds is 3. The Morgan fingerprint density at radius 2 is 2.00 bits per heavy atom. The van der Waals surface area contributed by atoms with Crippen LogP contribution in [0, 0.1) is 0 Å². The van der Waals surface area contributed by atoms with Gasteiger partial charge in [-0.05, 0) is 0 Å². The molecule has 5 heteroatoms. The molecular weight excluding hydrogens is 204 g/mol. The van der Waals surface area contributed by atoms with Crippen LogP contribution in [0.3, 0.4) is 0 Å². The first-order valence-electron chi connectivity index (χ1n) is 5.92. The fourth-order valence-electron chi connectivity index (χ4n) is 1.57. The van der Waals surface area contributed by atoms with E-state index in [-0.39, 0.29) is 0 Å². The molecule has 0 atom stereocenters. The van der Waals surface area contributed by atoms with Crippen LogP contribution >= 0.6 is 0 Å². The zero-order valence-electron chi connectivity index (χ0n) is 10.2. The Morgan fingerprint density at radius 3 is 2.56 bits per heavy atom. The lowest BCUT2D eigenvalue weighted by Gasteiger charge is -2.26. The number of anilines is 1. The lowest BCUT2D eigenvalue weighted by molar-refractivity contribution is 0.0360. The van der Waals surface area contributed by atoms with Crippen molar-refractivity contribution in [1.82, 2.24) is 14.7 Å². The Labute approximate surface area is 97.2 Å². The van der Waals surface area contributed by atoms with Crippen LogP contribution in [0.5, 0.6) is 0 Å². The number of morpholine rings is 1. The molecule has 0 aliphatic carbocycles. The van der Waals surface area contributed by atoms with Crippen LogP contribution < -0.4 is 5.73 Å². The van der Waals surface area contributed by atoms with Crippen LogP contribution in [0.25, 0.3) is 0 Å². The van der Waals surface area contributed by atoms with Crippen LogP contribution in [0.4, 0.5) is 5.69 Å². The molecule has 0 amide bonds. The van der Waals surface area contributed by atoms with Gasteiger partial charge in [-0.2, -0.15) is 5.10 Å². The van der Waals surface area contributed by atoms with Crippen molar-refractivity contribution < 1.29 is 4.74 Å². The molecule has 1 saturated heterocycles. The van der Waals surface area contributed by atoms with Crippen LogP contribution in [-0.4, -0.2) is 47.5 Å². The molecule has 92 valence electrons. The summed E-state index contributed by atoms with van der Waals surface area (Å²) in [5.41, 5.74) is 6.30. The first-order chi connectivity index (χ1) is 7.84. The van der Waals surface area contributed by atoms with Crippen molar-refractivity contribution in [2.75, 3.05) is 38.6 Å². The van der Waals surface area contributed by atoms with Gasteiger partial charge in [0, 0.05) is 25.8 Å². The molecule has 0 radical (unpaired) electrons. The number of aromatic nitrogens is 2. The minimum Gasteiger partial charge on any atom is -0.396 e. The summed E-state index contributed by atoms with van der Waals surface area (Å²) in [7, 11) is 0. The minimum absolute atomic E-state index is 0.729. The van der Waals surface area contributed by atoms with Gasteiger partial charge in [0.2, 0.25) is 0 Å². The molecule has 0 unspecified atom stereocenters. The Bertz CT molecular complexity index is 281. The number of nitrogens with zero attached hydrogens (tertiary/aromatic N) is 3. The van der Waals surface area contributed by atoms with Gasteiger partial charge in [0.15, 0.2) is 0 Å². The second-order valence-corrected chi connectivity index (χ2v) is 3.49. The van der Waals surface area contributed by atoms with Gasteiger partial charge in [-0.1, -0.05) is 13.8 Å². The first kappa shape index (κ1) is 13.0. The second-order valence-electron chi connectivity index (χ2n) is 3.49. The predicted octanol–water partition coefficient (Wildman–Crippen LogP) is 0.824. The van der Waals surface area contributed by atoms with Crippen LogP contribution in [0.15, 0.2) is 12.4 Å². The molecule has 1 aromatic rings. The SMILES string of the molecule is CC.Nc1cnn(CCN2CCOCC2)c1. The molecule has 1 aromatic heterocycles. The molecule has 2 rings (SSSR count). The topological polar surface area (TPSA) is 56.3 Å². The van der Waals surface area contributed by atoms with Gasteiger partial charge in [0.05, 0.1) is 31.6 Å². The molecule has 2 N–H and O–H groups in total. The average molecular weight is 226 g/mol. The van der Waals surface area contributed by atoms with E-state index in [9.17, 15) is 0 Å². The van der Waals surface area contributed by atoms with Crippen LogP contribution in [0.2, 0.25) is 0 Å². The third-order valence-electron chi connectivity index (χ3n) is 2.40. The summed E-state index contributed by atoms with van der Waals surface area (Å²) in [6, 6.07) is 0. The van der Waals surface area contributed by atoms with E-state index in [1.54, 1.807) is 6.20 Å². The van der Waals surface area contributed by atoms with Gasteiger partial charge in [-0.15, -0.1) is 0 Å². The molecule has 1 aliphatic rings. The molecule has 0 saturated carbocycles. The highest BCUT2D eigenvalue weighted by Crippen LogP contribution is 2.00. The van der Waals surface area contributed by atoms with Crippen molar-refractivity contribution >= 4 is 5.69 Å². The molecule has 0 bridgehead atoms. The first-order valence-corrected chi connectivity index (χ1v) is 5.92. The van der Waals surface area contributed by atoms with E-state index in [1.807, 2.05) is 24.7 Å².